The van der Waals surface area contributed by atoms with Crippen molar-refractivity contribution in [2.45, 2.75) is 36.5 Å². The van der Waals surface area contributed by atoms with E-state index >= 15 is 0 Å². The molecule has 5 heteroatoms. The third-order valence-corrected chi connectivity index (χ3v) is 6.17. The molecule has 2 aliphatic heterocycles. The van der Waals surface area contributed by atoms with E-state index in [1.54, 1.807) is 0 Å². The molecular weight excluding hydrogens is 301 g/mol. The standard InChI is InChI=1S/C17H24FNO2S/c1-22-17(6-9-20-10-7-17)12-19-15-3-2-8-21-16-11-13(18)4-5-14(15)16/h4-5,11,15,19H,2-3,6-10,12H2,1H3/t15-/m0/s1. The van der Waals surface area contributed by atoms with Gasteiger partial charge in [-0.15, -0.1) is 0 Å². The molecule has 0 saturated carbocycles. The van der Waals surface area contributed by atoms with Crippen LogP contribution in [-0.4, -0.2) is 37.4 Å². The molecule has 3 nitrogen and oxygen atoms in total. The van der Waals surface area contributed by atoms with Gasteiger partial charge in [0.2, 0.25) is 0 Å². The summed E-state index contributed by atoms with van der Waals surface area (Å²) in [6.45, 7) is 3.31. The normalized spacial score (nSPS) is 24.2. The van der Waals surface area contributed by atoms with Crippen molar-refractivity contribution in [2.24, 2.45) is 0 Å². The van der Waals surface area contributed by atoms with E-state index in [0.29, 0.717) is 12.4 Å². The third kappa shape index (κ3) is 3.58. The topological polar surface area (TPSA) is 30.5 Å². The summed E-state index contributed by atoms with van der Waals surface area (Å²) < 4.78 is 24.9. The van der Waals surface area contributed by atoms with Crippen LogP contribution >= 0.6 is 11.8 Å². The first-order chi connectivity index (χ1) is 10.7. The van der Waals surface area contributed by atoms with E-state index in [2.05, 4.69) is 11.6 Å². The summed E-state index contributed by atoms with van der Waals surface area (Å²) in [6.07, 6.45) is 6.37. The molecule has 0 spiro atoms. The Bertz CT molecular complexity index is 505. The Balaban J connectivity index is 1.72. The molecule has 1 N–H and O–H groups in total. The van der Waals surface area contributed by atoms with Gasteiger partial charge in [-0.25, -0.2) is 4.39 Å². The molecule has 0 radical (unpaired) electrons. The maximum Gasteiger partial charge on any atom is 0.126 e. The summed E-state index contributed by atoms with van der Waals surface area (Å²) in [4.78, 5) is 0. The lowest BCUT2D eigenvalue weighted by atomic mass is 9.96. The van der Waals surface area contributed by atoms with Crippen molar-refractivity contribution in [1.82, 2.24) is 5.32 Å². The van der Waals surface area contributed by atoms with Crippen molar-refractivity contribution >= 4 is 11.8 Å². The second-order valence-corrected chi connectivity index (χ2v) is 7.38. The number of hydrogen-bond donors (Lipinski definition) is 1. The van der Waals surface area contributed by atoms with Crippen LogP contribution in [0.25, 0.3) is 0 Å². The number of thioether (sulfide) groups is 1. The molecule has 1 aromatic rings. The Hall–Kier alpha value is -0.780. The summed E-state index contributed by atoms with van der Waals surface area (Å²) in [5, 5.41) is 3.72. The van der Waals surface area contributed by atoms with Crippen LogP contribution in [0.4, 0.5) is 4.39 Å². The monoisotopic (exact) mass is 325 g/mol. The Kier molecular flexibility index (Phi) is 5.26. The van der Waals surface area contributed by atoms with Crippen LogP contribution in [0.1, 0.15) is 37.3 Å². The number of halogens is 1. The van der Waals surface area contributed by atoms with E-state index in [1.165, 1.54) is 12.1 Å². The molecule has 1 saturated heterocycles. The van der Waals surface area contributed by atoms with Crippen LogP contribution in [0.3, 0.4) is 0 Å². The second-order valence-electron chi connectivity index (χ2n) is 6.11. The van der Waals surface area contributed by atoms with Gasteiger partial charge in [-0.1, -0.05) is 6.07 Å². The largest absolute Gasteiger partial charge is 0.493 e. The number of nitrogens with one attached hydrogen (secondary N) is 1. The average molecular weight is 325 g/mol. The molecule has 0 aliphatic carbocycles. The van der Waals surface area contributed by atoms with Gasteiger partial charge in [0.15, 0.2) is 0 Å². The molecule has 1 atom stereocenters. The highest BCUT2D eigenvalue weighted by Crippen LogP contribution is 2.36. The van der Waals surface area contributed by atoms with Crippen molar-refractivity contribution in [3.05, 3.63) is 29.6 Å². The Morgan fingerprint density at radius 1 is 1.32 bits per heavy atom. The van der Waals surface area contributed by atoms with Crippen molar-refractivity contribution < 1.29 is 13.9 Å². The van der Waals surface area contributed by atoms with E-state index in [1.807, 2.05) is 17.8 Å². The van der Waals surface area contributed by atoms with Gasteiger partial charge in [0.25, 0.3) is 0 Å². The molecule has 122 valence electrons. The molecule has 2 aliphatic rings. The van der Waals surface area contributed by atoms with E-state index in [-0.39, 0.29) is 16.6 Å². The zero-order valence-electron chi connectivity index (χ0n) is 13.1. The molecule has 0 amide bonds. The lowest BCUT2D eigenvalue weighted by Crippen LogP contribution is -2.43. The molecule has 3 rings (SSSR count). The number of fused-ring (bicyclic) bond motifs is 1. The van der Waals surface area contributed by atoms with Crippen molar-refractivity contribution in [1.29, 1.82) is 0 Å². The second kappa shape index (κ2) is 7.20. The van der Waals surface area contributed by atoms with Crippen LogP contribution in [0.2, 0.25) is 0 Å². The lowest BCUT2D eigenvalue weighted by molar-refractivity contribution is 0.0764. The molecule has 2 heterocycles. The van der Waals surface area contributed by atoms with Gasteiger partial charge in [-0.3, -0.25) is 0 Å². The van der Waals surface area contributed by atoms with Crippen LogP contribution in [0.15, 0.2) is 18.2 Å². The highest BCUT2D eigenvalue weighted by atomic mass is 32.2. The summed E-state index contributed by atoms with van der Waals surface area (Å²) in [5.74, 6) is 0.463. The van der Waals surface area contributed by atoms with Gasteiger partial charge in [0, 0.05) is 42.2 Å². The predicted octanol–water partition coefficient (Wildman–Crippen LogP) is 3.54. The first kappa shape index (κ1) is 16.1. The van der Waals surface area contributed by atoms with Gasteiger partial charge in [-0.05, 0) is 38.0 Å². The van der Waals surface area contributed by atoms with Gasteiger partial charge < -0.3 is 14.8 Å². The minimum Gasteiger partial charge on any atom is -0.493 e. The van der Waals surface area contributed by atoms with Crippen LogP contribution < -0.4 is 10.1 Å². The molecular formula is C17H24FNO2S. The number of rotatable bonds is 4. The van der Waals surface area contributed by atoms with Gasteiger partial charge in [-0.2, -0.15) is 11.8 Å². The van der Waals surface area contributed by atoms with E-state index < -0.39 is 0 Å². The van der Waals surface area contributed by atoms with E-state index in [9.17, 15) is 4.39 Å². The van der Waals surface area contributed by atoms with Gasteiger partial charge >= 0.3 is 0 Å². The highest BCUT2D eigenvalue weighted by molar-refractivity contribution is 8.00. The van der Waals surface area contributed by atoms with Gasteiger partial charge in [0.05, 0.1) is 6.61 Å². The third-order valence-electron chi connectivity index (χ3n) is 4.75. The predicted molar refractivity (Wildman–Crippen MR) is 88.2 cm³/mol. The number of hydrogen-bond acceptors (Lipinski definition) is 4. The summed E-state index contributed by atoms with van der Waals surface area (Å²) in [5.41, 5.74) is 1.09. The lowest BCUT2D eigenvalue weighted by Gasteiger charge is -2.37. The minimum absolute atomic E-state index is 0.232. The zero-order valence-corrected chi connectivity index (χ0v) is 13.9. The van der Waals surface area contributed by atoms with E-state index in [0.717, 1.165) is 51.0 Å². The average Bonchev–Trinajstić information content (AvgIpc) is 2.75. The quantitative estimate of drug-likeness (QED) is 0.917. The van der Waals surface area contributed by atoms with E-state index in [4.69, 9.17) is 9.47 Å². The fourth-order valence-corrected chi connectivity index (χ4v) is 4.07. The Morgan fingerprint density at radius 3 is 2.91 bits per heavy atom. The summed E-state index contributed by atoms with van der Waals surface area (Å²) in [7, 11) is 0. The SMILES string of the molecule is CSC1(CN[C@H]2CCCOc3cc(F)ccc32)CCOCC1. The first-order valence-corrected chi connectivity index (χ1v) is 9.23. The van der Waals surface area contributed by atoms with Crippen molar-refractivity contribution in [2.75, 3.05) is 32.6 Å². The summed E-state index contributed by atoms with van der Waals surface area (Å²) in [6, 6.07) is 5.14. The molecule has 1 aromatic carbocycles. The van der Waals surface area contributed by atoms with Crippen LogP contribution in [0.5, 0.6) is 5.75 Å². The zero-order chi connectivity index (χ0) is 15.4. The first-order valence-electron chi connectivity index (χ1n) is 8.01. The molecule has 0 unspecified atom stereocenters. The fraction of sp³-hybridized carbons (Fsp3) is 0.647. The molecule has 22 heavy (non-hydrogen) atoms. The minimum atomic E-state index is -0.232. The smallest absolute Gasteiger partial charge is 0.126 e. The molecule has 1 fully saturated rings. The maximum atomic E-state index is 13.4. The Morgan fingerprint density at radius 2 is 2.14 bits per heavy atom. The Labute approximate surface area is 135 Å². The van der Waals surface area contributed by atoms with Crippen LogP contribution in [0, 0.1) is 5.82 Å². The number of ether oxygens (including phenoxy) is 2. The van der Waals surface area contributed by atoms with Crippen LogP contribution in [-0.2, 0) is 4.74 Å². The van der Waals surface area contributed by atoms with Gasteiger partial charge in [0.1, 0.15) is 11.6 Å². The number of benzene rings is 1. The highest BCUT2D eigenvalue weighted by Gasteiger charge is 2.33. The fourth-order valence-electron chi connectivity index (χ4n) is 3.26. The molecule has 0 aromatic heterocycles. The molecule has 0 bridgehead atoms. The van der Waals surface area contributed by atoms with Crippen molar-refractivity contribution in [3.63, 3.8) is 0 Å². The van der Waals surface area contributed by atoms with Crippen molar-refractivity contribution in [3.8, 4) is 5.75 Å². The summed E-state index contributed by atoms with van der Waals surface area (Å²) >= 11 is 1.94. The maximum absolute atomic E-state index is 13.4.